The van der Waals surface area contributed by atoms with E-state index in [0.29, 0.717) is 5.92 Å². The molecule has 0 saturated carbocycles. The third-order valence-corrected chi connectivity index (χ3v) is 6.21. The van der Waals surface area contributed by atoms with Crippen LogP contribution in [0.15, 0.2) is 115 Å². The van der Waals surface area contributed by atoms with Crippen LogP contribution in [0.5, 0.6) is 0 Å². The van der Waals surface area contributed by atoms with E-state index in [1.807, 2.05) is 0 Å². The van der Waals surface area contributed by atoms with Gasteiger partial charge in [-0.25, -0.2) is 0 Å². The van der Waals surface area contributed by atoms with E-state index in [4.69, 9.17) is 0 Å². The van der Waals surface area contributed by atoms with Crippen molar-refractivity contribution in [1.82, 2.24) is 0 Å². The van der Waals surface area contributed by atoms with Crippen LogP contribution >= 0.6 is 0 Å². The molecule has 4 aromatic carbocycles. The first-order valence-electron chi connectivity index (χ1n) is 11.7. The molecule has 0 aromatic heterocycles. The number of aryl methyl sites for hydroxylation is 1. The van der Waals surface area contributed by atoms with Crippen molar-refractivity contribution in [1.29, 1.82) is 0 Å². The van der Waals surface area contributed by atoms with Crippen LogP contribution in [0.3, 0.4) is 0 Å². The van der Waals surface area contributed by atoms with E-state index in [1.165, 1.54) is 38.9 Å². The van der Waals surface area contributed by atoms with Crippen LogP contribution in [-0.4, -0.2) is 0 Å². The highest BCUT2D eigenvalue weighted by molar-refractivity contribution is 5.70. The Kier molecular flexibility index (Phi) is 7.35. The predicted molar refractivity (Wildman–Crippen MR) is 139 cm³/mol. The van der Waals surface area contributed by atoms with Crippen LogP contribution in [0.2, 0.25) is 0 Å². The number of hydrogen-bond donors (Lipinski definition) is 0. The molecular formula is C32H32. The van der Waals surface area contributed by atoms with Crippen LogP contribution in [0, 0.1) is 0 Å². The average Bonchev–Trinajstić information content (AvgIpc) is 2.86. The molecule has 0 aliphatic rings. The van der Waals surface area contributed by atoms with Crippen LogP contribution in [0.25, 0.3) is 22.3 Å². The molecule has 0 nitrogen and oxygen atoms in total. The molecule has 0 unspecified atom stereocenters. The van der Waals surface area contributed by atoms with E-state index in [1.54, 1.807) is 0 Å². The minimum Gasteiger partial charge on any atom is -0.0917 e. The summed E-state index contributed by atoms with van der Waals surface area (Å²) in [4.78, 5) is 0. The molecule has 0 fully saturated rings. The Labute approximate surface area is 193 Å². The third kappa shape index (κ3) is 5.65. The second-order valence-electron chi connectivity index (χ2n) is 8.59. The first kappa shape index (κ1) is 21.8. The van der Waals surface area contributed by atoms with Crippen LogP contribution in [0.1, 0.15) is 42.9 Å². The fraction of sp³-hybridized carbons (Fsp3) is 0.188. The van der Waals surface area contributed by atoms with E-state index in [9.17, 15) is 0 Å². The van der Waals surface area contributed by atoms with Gasteiger partial charge in [0.05, 0.1) is 0 Å². The van der Waals surface area contributed by atoms with Gasteiger partial charge in [-0.2, -0.15) is 0 Å². The summed E-state index contributed by atoms with van der Waals surface area (Å²) in [6.07, 6.45) is 7.61. The molecule has 0 saturated heterocycles. The molecule has 0 heterocycles. The van der Waals surface area contributed by atoms with Crippen molar-refractivity contribution in [2.75, 3.05) is 0 Å². The van der Waals surface area contributed by atoms with Gasteiger partial charge in [-0.15, -0.1) is 0 Å². The molecule has 0 aliphatic carbocycles. The number of allylic oxidation sites excluding steroid dienone is 2. The van der Waals surface area contributed by atoms with E-state index >= 15 is 0 Å². The van der Waals surface area contributed by atoms with Crippen molar-refractivity contribution in [3.05, 3.63) is 132 Å². The van der Waals surface area contributed by atoms with E-state index < -0.39 is 0 Å². The van der Waals surface area contributed by atoms with Crippen molar-refractivity contribution < 1.29 is 0 Å². The second-order valence-corrected chi connectivity index (χ2v) is 8.59. The van der Waals surface area contributed by atoms with Gasteiger partial charge in [0.15, 0.2) is 0 Å². The van der Waals surface area contributed by atoms with Crippen LogP contribution in [0.4, 0.5) is 0 Å². The summed E-state index contributed by atoms with van der Waals surface area (Å²) in [5.74, 6) is 0.524. The highest BCUT2D eigenvalue weighted by atomic mass is 14.1. The maximum atomic E-state index is 2.30. The van der Waals surface area contributed by atoms with Gasteiger partial charge >= 0.3 is 0 Å². The fourth-order valence-corrected chi connectivity index (χ4v) is 4.22. The van der Waals surface area contributed by atoms with Gasteiger partial charge in [0, 0.05) is 0 Å². The highest BCUT2D eigenvalue weighted by Gasteiger charge is 2.07. The van der Waals surface area contributed by atoms with Gasteiger partial charge in [-0.3, -0.25) is 0 Å². The average molecular weight is 417 g/mol. The zero-order valence-corrected chi connectivity index (χ0v) is 19.2. The molecule has 0 heteroatoms. The summed E-state index contributed by atoms with van der Waals surface area (Å²) in [6, 6.07) is 37.7. The minimum atomic E-state index is 0.524. The Morgan fingerprint density at radius 1 is 0.594 bits per heavy atom. The lowest BCUT2D eigenvalue weighted by molar-refractivity contribution is 0.759. The predicted octanol–water partition coefficient (Wildman–Crippen LogP) is 8.88. The Hall–Kier alpha value is -3.38. The molecular weight excluding hydrogens is 384 g/mol. The Morgan fingerprint density at radius 3 is 1.56 bits per heavy atom. The molecule has 160 valence electrons. The normalized spacial score (nSPS) is 12.2. The monoisotopic (exact) mass is 416 g/mol. The first-order valence-corrected chi connectivity index (χ1v) is 11.7. The lowest BCUT2D eigenvalue weighted by atomic mass is 9.92. The molecule has 4 aromatic rings. The van der Waals surface area contributed by atoms with Gasteiger partial charge in [-0.1, -0.05) is 122 Å². The second kappa shape index (κ2) is 10.8. The molecule has 0 bridgehead atoms. The van der Waals surface area contributed by atoms with Crippen LogP contribution < -0.4 is 0 Å². The van der Waals surface area contributed by atoms with Crippen molar-refractivity contribution in [3.63, 3.8) is 0 Å². The fourth-order valence-electron chi connectivity index (χ4n) is 4.22. The molecule has 32 heavy (non-hydrogen) atoms. The Morgan fingerprint density at radius 2 is 1.06 bits per heavy atom. The summed E-state index contributed by atoms with van der Waals surface area (Å²) >= 11 is 0. The van der Waals surface area contributed by atoms with Crippen molar-refractivity contribution in [2.24, 2.45) is 0 Å². The van der Waals surface area contributed by atoms with Crippen molar-refractivity contribution in [2.45, 2.75) is 39.0 Å². The standard InChI is InChI=1S/C32H32/c1-3-4-6-9-26-12-16-29(17-13-26)31-20-22-32(23-21-31)30-18-14-27(15-19-30)24-25(2)28-10-7-5-8-11-28/h3-5,7-8,10-23,25H,6,9,24H2,1-2H3/b4-3+/t25-/m1/s1. The van der Waals surface area contributed by atoms with Gasteiger partial charge < -0.3 is 0 Å². The zero-order chi connectivity index (χ0) is 22.2. The summed E-state index contributed by atoms with van der Waals surface area (Å²) < 4.78 is 0. The SMILES string of the molecule is C/C=C/CCc1ccc(-c2ccc(-c3ccc(C[C@@H](C)c4ccccc4)cc3)cc2)cc1. The van der Waals surface area contributed by atoms with Crippen molar-refractivity contribution in [3.8, 4) is 22.3 Å². The molecule has 0 amide bonds. The third-order valence-electron chi connectivity index (χ3n) is 6.21. The molecule has 0 aliphatic heterocycles. The quantitative estimate of drug-likeness (QED) is 0.252. The van der Waals surface area contributed by atoms with Gasteiger partial charge in [-0.05, 0) is 71.0 Å². The summed E-state index contributed by atoms with van der Waals surface area (Å²) in [5, 5.41) is 0. The van der Waals surface area contributed by atoms with E-state index in [2.05, 4.69) is 129 Å². The van der Waals surface area contributed by atoms with E-state index in [0.717, 1.165) is 19.3 Å². The number of benzene rings is 4. The highest BCUT2D eigenvalue weighted by Crippen LogP contribution is 2.27. The maximum Gasteiger partial charge on any atom is -0.0150 e. The lowest BCUT2D eigenvalue weighted by Gasteiger charge is -2.12. The number of hydrogen-bond acceptors (Lipinski definition) is 0. The Balaban J connectivity index is 1.40. The molecule has 0 radical (unpaired) electrons. The summed E-state index contributed by atoms with van der Waals surface area (Å²) in [7, 11) is 0. The van der Waals surface area contributed by atoms with E-state index in [-0.39, 0.29) is 0 Å². The van der Waals surface area contributed by atoms with Crippen molar-refractivity contribution >= 4 is 0 Å². The zero-order valence-electron chi connectivity index (χ0n) is 19.2. The lowest BCUT2D eigenvalue weighted by Crippen LogP contribution is -1.98. The maximum absolute atomic E-state index is 2.30. The largest absolute Gasteiger partial charge is 0.0917 e. The first-order chi connectivity index (χ1) is 15.7. The summed E-state index contributed by atoms with van der Waals surface area (Å²) in [6.45, 7) is 4.38. The molecule has 0 spiro atoms. The van der Waals surface area contributed by atoms with Gasteiger partial charge in [0.2, 0.25) is 0 Å². The smallest absolute Gasteiger partial charge is 0.0150 e. The Bertz CT molecular complexity index is 1120. The molecule has 1 atom stereocenters. The number of rotatable bonds is 8. The van der Waals surface area contributed by atoms with Gasteiger partial charge in [0.25, 0.3) is 0 Å². The van der Waals surface area contributed by atoms with Gasteiger partial charge in [0.1, 0.15) is 0 Å². The molecule has 4 rings (SSSR count). The topological polar surface area (TPSA) is 0 Å². The van der Waals surface area contributed by atoms with Crippen LogP contribution in [-0.2, 0) is 12.8 Å². The summed E-state index contributed by atoms with van der Waals surface area (Å²) in [5.41, 5.74) is 9.25. The minimum absolute atomic E-state index is 0.524. The molecule has 0 N–H and O–H groups in total.